The molecule has 5 rings (SSSR count). The summed E-state index contributed by atoms with van der Waals surface area (Å²) in [6.07, 6.45) is 0.939. The molecule has 0 fully saturated rings. The smallest absolute Gasteiger partial charge is 0.258 e. The molecule has 5 nitrogen and oxygen atoms in total. The molecule has 0 radical (unpaired) electrons. The van der Waals surface area contributed by atoms with Crippen LogP contribution in [0, 0.1) is 0 Å². The summed E-state index contributed by atoms with van der Waals surface area (Å²) in [5.74, 6) is 0.987. The van der Waals surface area contributed by atoms with Crippen molar-refractivity contribution in [2.45, 2.75) is 26.3 Å². The summed E-state index contributed by atoms with van der Waals surface area (Å²) in [4.78, 5) is 6.79. The topological polar surface area (TPSA) is 54.2 Å². The summed E-state index contributed by atoms with van der Waals surface area (Å²) in [7, 11) is 0. The maximum atomic E-state index is 6.16. The van der Waals surface area contributed by atoms with E-state index in [9.17, 15) is 0 Å². The molecule has 1 aromatic heterocycles. The van der Waals surface area contributed by atoms with Crippen LogP contribution in [0.5, 0.6) is 0 Å². The highest BCUT2D eigenvalue weighted by molar-refractivity contribution is 7.80. The summed E-state index contributed by atoms with van der Waals surface area (Å²) >= 11 is 12.0. The van der Waals surface area contributed by atoms with Gasteiger partial charge in [-0.3, -0.25) is 4.90 Å². The van der Waals surface area contributed by atoms with E-state index in [0.29, 0.717) is 21.9 Å². The SMILES string of the molecule is CCc1cccc(N2C(=S)NC(c3ccc(Cl)cc3)C(c3nc(-c4ccccc4)no3)=C2C)c1. The Morgan fingerprint density at radius 1 is 1.03 bits per heavy atom. The van der Waals surface area contributed by atoms with Crippen LogP contribution in [0.25, 0.3) is 17.0 Å². The molecule has 1 aliphatic heterocycles. The third kappa shape index (κ3) is 4.22. The van der Waals surface area contributed by atoms with Gasteiger partial charge < -0.3 is 9.84 Å². The van der Waals surface area contributed by atoms with E-state index < -0.39 is 0 Å². The molecule has 3 aromatic carbocycles. The second-order valence-corrected chi connectivity index (χ2v) is 8.90. The highest BCUT2D eigenvalue weighted by Gasteiger charge is 2.34. The molecule has 1 aliphatic rings. The number of allylic oxidation sites excluding steroid dienone is 1. The van der Waals surface area contributed by atoms with Crippen molar-refractivity contribution < 1.29 is 4.52 Å². The van der Waals surface area contributed by atoms with Crippen LogP contribution in [-0.4, -0.2) is 15.3 Å². The van der Waals surface area contributed by atoms with Crippen molar-refractivity contribution in [2.75, 3.05) is 4.90 Å². The molecule has 1 atom stereocenters. The maximum Gasteiger partial charge on any atom is 0.258 e. The third-order valence-corrected chi connectivity index (χ3v) is 6.51. The predicted molar refractivity (Wildman–Crippen MR) is 141 cm³/mol. The van der Waals surface area contributed by atoms with E-state index in [1.54, 1.807) is 0 Å². The van der Waals surface area contributed by atoms with E-state index in [-0.39, 0.29) is 6.04 Å². The van der Waals surface area contributed by atoms with Gasteiger partial charge in [-0.15, -0.1) is 0 Å². The molecule has 0 amide bonds. The first kappa shape index (κ1) is 22.3. The normalized spacial score (nSPS) is 16.0. The number of hydrogen-bond acceptors (Lipinski definition) is 4. The van der Waals surface area contributed by atoms with Crippen LogP contribution in [0.4, 0.5) is 5.69 Å². The number of nitrogens with one attached hydrogen (secondary N) is 1. The lowest BCUT2D eigenvalue weighted by Crippen LogP contribution is -2.46. The van der Waals surface area contributed by atoms with Crippen molar-refractivity contribution in [1.82, 2.24) is 15.5 Å². The molecule has 4 aromatic rings. The lowest BCUT2D eigenvalue weighted by molar-refractivity contribution is 0.404. The Hall–Kier alpha value is -3.48. The summed E-state index contributed by atoms with van der Waals surface area (Å²) in [5.41, 5.74) is 5.92. The van der Waals surface area contributed by atoms with E-state index >= 15 is 0 Å². The fourth-order valence-electron chi connectivity index (χ4n) is 4.19. The number of benzene rings is 3. The number of aryl methyl sites for hydroxylation is 1. The number of aromatic nitrogens is 2. The summed E-state index contributed by atoms with van der Waals surface area (Å²) in [6, 6.07) is 25.6. The van der Waals surface area contributed by atoms with Crippen LogP contribution in [0.1, 0.15) is 36.9 Å². The van der Waals surface area contributed by atoms with Gasteiger partial charge in [-0.1, -0.05) is 78.3 Å². The zero-order valence-electron chi connectivity index (χ0n) is 18.8. The monoisotopic (exact) mass is 486 g/mol. The number of anilines is 1. The van der Waals surface area contributed by atoms with Crippen LogP contribution in [0.2, 0.25) is 5.02 Å². The largest absolute Gasteiger partial charge is 0.351 e. The van der Waals surface area contributed by atoms with Gasteiger partial charge in [-0.25, -0.2) is 0 Å². The first-order chi connectivity index (χ1) is 16.5. The molecular formula is C27H23ClN4OS. The number of hydrogen-bond donors (Lipinski definition) is 1. The van der Waals surface area contributed by atoms with Gasteiger partial charge in [0.15, 0.2) is 5.11 Å². The average Bonchev–Trinajstić information content (AvgIpc) is 3.35. The first-order valence-corrected chi connectivity index (χ1v) is 11.9. The van der Waals surface area contributed by atoms with Crippen molar-refractivity contribution in [1.29, 1.82) is 0 Å². The zero-order chi connectivity index (χ0) is 23.7. The Labute approximate surface area is 209 Å². The van der Waals surface area contributed by atoms with Crippen LogP contribution in [-0.2, 0) is 6.42 Å². The lowest BCUT2D eigenvalue weighted by atomic mass is 9.94. The van der Waals surface area contributed by atoms with Crippen molar-refractivity contribution in [3.05, 3.63) is 107 Å². The minimum absolute atomic E-state index is 0.264. The highest BCUT2D eigenvalue weighted by atomic mass is 35.5. The zero-order valence-corrected chi connectivity index (χ0v) is 20.4. The van der Waals surface area contributed by atoms with Gasteiger partial charge in [-0.05, 0) is 61.0 Å². The molecule has 1 N–H and O–H groups in total. The van der Waals surface area contributed by atoms with Gasteiger partial charge in [0.25, 0.3) is 5.89 Å². The Morgan fingerprint density at radius 2 is 1.79 bits per heavy atom. The van der Waals surface area contributed by atoms with Crippen molar-refractivity contribution in [2.24, 2.45) is 0 Å². The van der Waals surface area contributed by atoms with Gasteiger partial charge in [0.05, 0.1) is 11.6 Å². The van der Waals surface area contributed by atoms with Gasteiger partial charge >= 0.3 is 0 Å². The minimum Gasteiger partial charge on any atom is -0.351 e. The van der Waals surface area contributed by atoms with Gasteiger partial charge in [0.1, 0.15) is 0 Å². The molecule has 34 heavy (non-hydrogen) atoms. The standard InChI is InChI=1S/C27H23ClN4OS/c1-3-18-8-7-11-22(16-18)32-17(2)23(24(29-27(32)34)19-12-14-21(28)15-13-19)26-30-25(31-33-26)20-9-5-4-6-10-20/h4-16,24H,3H2,1-2H3,(H,29,34). The van der Waals surface area contributed by atoms with Crippen molar-refractivity contribution in [3.63, 3.8) is 0 Å². The average molecular weight is 487 g/mol. The molecule has 1 unspecified atom stereocenters. The molecule has 170 valence electrons. The third-order valence-electron chi connectivity index (χ3n) is 5.95. The van der Waals surface area contributed by atoms with Gasteiger partial charge in [0, 0.05) is 22.0 Å². The Balaban J connectivity index is 1.66. The van der Waals surface area contributed by atoms with E-state index in [1.807, 2.05) is 66.4 Å². The van der Waals surface area contributed by atoms with E-state index in [0.717, 1.165) is 34.5 Å². The van der Waals surface area contributed by atoms with Crippen LogP contribution in [0.15, 0.2) is 89.1 Å². The number of halogens is 1. The minimum atomic E-state index is -0.264. The van der Waals surface area contributed by atoms with Gasteiger partial charge in [0.2, 0.25) is 5.82 Å². The van der Waals surface area contributed by atoms with E-state index in [4.69, 9.17) is 33.3 Å². The molecular weight excluding hydrogens is 464 g/mol. The van der Waals surface area contributed by atoms with Crippen LogP contribution in [0.3, 0.4) is 0 Å². The fourth-order valence-corrected chi connectivity index (χ4v) is 4.68. The summed E-state index contributed by atoms with van der Waals surface area (Å²) < 4.78 is 5.81. The van der Waals surface area contributed by atoms with Gasteiger partial charge in [-0.2, -0.15) is 4.98 Å². The van der Waals surface area contributed by atoms with E-state index in [1.165, 1.54) is 5.56 Å². The molecule has 0 saturated carbocycles. The number of nitrogens with zero attached hydrogens (tertiary/aromatic N) is 3. The maximum absolute atomic E-state index is 6.16. The summed E-state index contributed by atoms with van der Waals surface area (Å²) in [5, 5.41) is 9.04. The Morgan fingerprint density at radius 3 is 2.53 bits per heavy atom. The second-order valence-electron chi connectivity index (χ2n) is 8.08. The molecule has 0 aliphatic carbocycles. The first-order valence-electron chi connectivity index (χ1n) is 11.1. The summed E-state index contributed by atoms with van der Waals surface area (Å²) in [6.45, 7) is 4.18. The quantitative estimate of drug-likeness (QED) is 0.312. The number of rotatable bonds is 5. The van der Waals surface area contributed by atoms with Crippen LogP contribution >= 0.6 is 23.8 Å². The predicted octanol–water partition coefficient (Wildman–Crippen LogP) is 6.82. The molecule has 7 heteroatoms. The van der Waals surface area contributed by atoms with Crippen LogP contribution < -0.4 is 10.2 Å². The van der Waals surface area contributed by atoms with Crippen molar-refractivity contribution >= 4 is 40.2 Å². The Kier molecular flexibility index (Phi) is 6.18. The Bertz CT molecular complexity index is 1360. The molecule has 2 heterocycles. The van der Waals surface area contributed by atoms with E-state index in [2.05, 4.69) is 41.7 Å². The van der Waals surface area contributed by atoms with Crippen molar-refractivity contribution in [3.8, 4) is 11.4 Å². The molecule has 0 saturated heterocycles. The molecule has 0 bridgehead atoms. The number of thiocarbonyl (C=S) groups is 1. The fraction of sp³-hybridized carbons (Fsp3) is 0.148. The lowest BCUT2D eigenvalue weighted by Gasteiger charge is -2.37. The second kappa shape index (κ2) is 9.41. The molecule has 0 spiro atoms. The highest BCUT2D eigenvalue weighted by Crippen LogP contribution is 2.39.